The summed E-state index contributed by atoms with van der Waals surface area (Å²) in [5, 5.41) is 10.0. The second-order valence-electron chi connectivity index (χ2n) is 11.6. The molecule has 6 nitrogen and oxygen atoms in total. The number of aryl methyl sites for hydroxylation is 1. The number of amides is 2. The zero-order valence-corrected chi connectivity index (χ0v) is 23.9. The fourth-order valence-corrected chi connectivity index (χ4v) is 6.13. The maximum atomic E-state index is 13.9. The van der Waals surface area contributed by atoms with Crippen molar-refractivity contribution in [1.82, 2.24) is 0 Å². The standard InChI is InChI=1S/C33H35ClN2O4/c1-21-19-27(31(38)35-18-16-24-20-25(34)14-15-28(24)35)26-8-4-5-9-29(26)36(21)30(37)23-12-10-22(11-13-23)7-6-17-33(2,3)32(39)40/h4-5,8-15,20-21,27H,6-7,16-19H2,1-3H3,(H,39,40)/t21-,27-/m0/s1. The third kappa shape index (κ3) is 5.37. The SMILES string of the molecule is C[C@H]1C[C@H](C(=O)N2CCc3cc(Cl)ccc32)c2ccccc2N1C(=O)c1ccc(CCCC(C)(C)C(=O)O)cc1. The van der Waals surface area contributed by atoms with Crippen LogP contribution in [0.4, 0.5) is 11.4 Å². The third-order valence-corrected chi connectivity index (χ3v) is 8.59. The van der Waals surface area contributed by atoms with E-state index in [0.717, 1.165) is 47.3 Å². The zero-order chi connectivity index (χ0) is 28.6. The number of carboxylic acids is 1. The van der Waals surface area contributed by atoms with E-state index in [0.29, 0.717) is 30.0 Å². The highest BCUT2D eigenvalue weighted by molar-refractivity contribution is 6.30. The van der Waals surface area contributed by atoms with E-state index in [1.807, 2.05) is 83.5 Å². The van der Waals surface area contributed by atoms with Gasteiger partial charge in [0.2, 0.25) is 5.91 Å². The van der Waals surface area contributed by atoms with E-state index >= 15 is 0 Å². The number of anilines is 2. The fraction of sp³-hybridized carbons (Fsp3) is 0.364. The van der Waals surface area contributed by atoms with Crippen LogP contribution in [0.5, 0.6) is 0 Å². The molecule has 2 aliphatic rings. The van der Waals surface area contributed by atoms with Crippen molar-refractivity contribution in [2.24, 2.45) is 5.41 Å². The number of aliphatic carboxylic acids is 1. The van der Waals surface area contributed by atoms with Crippen LogP contribution in [0.25, 0.3) is 0 Å². The average molecular weight is 559 g/mol. The van der Waals surface area contributed by atoms with Crippen LogP contribution in [0.1, 0.15) is 73.0 Å². The van der Waals surface area contributed by atoms with Gasteiger partial charge in [-0.1, -0.05) is 41.9 Å². The van der Waals surface area contributed by atoms with Gasteiger partial charge in [0.1, 0.15) is 0 Å². The normalized spacial score (nSPS) is 18.3. The van der Waals surface area contributed by atoms with E-state index in [4.69, 9.17) is 11.6 Å². The Balaban J connectivity index is 1.33. The molecular weight excluding hydrogens is 524 g/mol. The lowest BCUT2D eigenvalue weighted by atomic mass is 9.84. The summed E-state index contributed by atoms with van der Waals surface area (Å²) >= 11 is 6.18. The lowest BCUT2D eigenvalue weighted by Gasteiger charge is -2.40. The Labute approximate surface area is 240 Å². The van der Waals surface area contributed by atoms with Gasteiger partial charge in [0.15, 0.2) is 0 Å². The predicted molar refractivity (Wildman–Crippen MR) is 158 cm³/mol. The smallest absolute Gasteiger partial charge is 0.309 e. The second kappa shape index (κ2) is 11.1. The second-order valence-corrected chi connectivity index (χ2v) is 12.1. The van der Waals surface area contributed by atoms with Gasteiger partial charge in [0.25, 0.3) is 5.91 Å². The Morgan fingerprint density at radius 2 is 1.73 bits per heavy atom. The Morgan fingerprint density at radius 1 is 1.00 bits per heavy atom. The van der Waals surface area contributed by atoms with Crippen molar-refractivity contribution in [3.63, 3.8) is 0 Å². The molecule has 5 rings (SSSR count). The highest BCUT2D eigenvalue weighted by Crippen LogP contribution is 2.42. The van der Waals surface area contributed by atoms with Crippen LogP contribution in [0.3, 0.4) is 0 Å². The van der Waals surface area contributed by atoms with Gasteiger partial charge >= 0.3 is 5.97 Å². The minimum absolute atomic E-state index is 0.0582. The molecule has 0 unspecified atom stereocenters. The predicted octanol–water partition coefficient (Wildman–Crippen LogP) is 6.89. The molecule has 0 aliphatic carbocycles. The number of nitrogens with zero attached hydrogens (tertiary/aromatic N) is 2. The molecule has 2 heterocycles. The summed E-state index contributed by atoms with van der Waals surface area (Å²) in [6, 6.07) is 20.8. The molecular formula is C33H35ClN2O4. The van der Waals surface area contributed by atoms with Crippen molar-refractivity contribution in [3.05, 3.63) is 94.0 Å². The van der Waals surface area contributed by atoms with Crippen LogP contribution in [-0.2, 0) is 22.4 Å². The minimum Gasteiger partial charge on any atom is -0.481 e. The van der Waals surface area contributed by atoms with Gasteiger partial charge in [-0.05, 0) is 106 Å². The number of para-hydroxylation sites is 1. The summed E-state index contributed by atoms with van der Waals surface area (Å²) in [6.07, 6.45) is 3.42. The molecule has 0 radical (unpaired) electrons. The number of carboxylic acid groups (broad SMARTS) is 1. The lowest BCUT2D eigenvalue weighted by Crippen LogP contribution is -2.46. The molecule has 0 aromatic heterocycles. The van der Waals surface area contributed by atoms with Crippen LogP contribution in [0.2, 0.25) is 5.02 Å². The number of hydrogen-bond acceptors (Lipinski definition) is 3. The largest absolute Gasteiger partial charge is 0.481 e. The lowest BCUT2D eigenvalue weighted by molar-refractivity contribution is -0.147. The van der Waals surface area contributed by atoms with Gasteiger partial charge in [-0.15, -0.1) is 0 Å². The molecule has 3 aromatic rings. The number of fused-ring (bicyclic) bond motifs is 2. The summed E-state index contributed by atoms with van der Waals surface area (Å²) in [5.41, 5.74) is 4.57. The van der Waals surface area contributed by atoms with Gasteiger partial charge in [0, 0.05) is 34.5 Å². The molecule has 208 valence electrons. The first kappa shape index (κ1) is 27.9. The molecule has 2 atom stereocenters. The summed E-state index contributed by atoms with van der Waals surface area (Å²) < 4.78 is 0. The molecule has 2 aliphatic heterocycles. The van der Waals surface area contributed by atoms with Crippen molar-refractivity contribution < 1.29 is 19.5 Å². The summed E-state index contributed by atoms with van der Waals surface area (Å²) in [4.78, 5) is 42.7. The van der Waals surface area contributed by atoms with Gasteiger partial charge in [-0.25, -0.2) is 0 Å². The molecule has 0 saturated carbocycles. The first-order valence-electron chi connectivity index (χ1n) is 13.9. The van der Waals surface area contributed by atoms with Gasteiger partial charge < -0.3 is 14.9 Å². The molecule has 7 heteroatoms. The van der Waals surface area contributed by atoms with Gasteiger partial charge in [-0.3, -0.25) is 14.4 Å². The number of hydrogen-bond donors (Lipinski definition) is 1. The van der Waals surface area contributed by atoms with Crippen LogP contribution in [-0.4, -0.2) is 35.5 Å². The first-order valence-corrected chi connectivity index (χ1v) is 14.3. The van der Waals surface area contributed by atoms with E-state index < -0.39 is 11.4 Å². The van der Waals surface area contributed by atoms with Crippen molar-refractivity contribution in [3.8, 4) is 0 Å². The minimum atomic E-state index is -0.788. The van der Waals surface area contributed by atoms with Crippen molar-refractivity contribution in [1.29, 1.82) is 0 Å². The Bertz CT molecular complexity index is 1450. The van der Waals surface area contributed by atoms with E-state index in [1.54, 1.807) is 13.8 Å². The number of carbonyl (C=O) groups excluding carboxylic acids is 2. The Morgan fingerprint density at radius 3 is 2.45 bits per heavy atom. The molecule has 2 amide bonds. The molecule has 1 N–H and O–H groups in total. The number of rotatable bonds is 7. The van der Waals surface area contributed by atoms with Crippen molar-refractivity contribution in [2.75, 3.05) is 16.3 Å². The van der Waals surface area contributed by atoms with Crippen molar-refractivity contribution >= 4 is 40.8 Å². The van der Waals surface area contributed by atoms with E-state index in [-0.39, 0.29) is 23.8 Å². The highest BCUT2D eigenvalue weighted by atomic mass is 35.5. The maximum absolute atomic E-state index is 13.9. The molecule has 3 aromatic carbocycles. The summed E-state index contributed by atoms with van der Waals surface area (Å²) in [6.45, 7) is 6.12. The quantitative estimate of drug-likeness (QED) is 0.343. The average Bonchev–Trinajstić information content (AvgIpc) is 3.35. The van der Waals surface area contributed by atoms with E-state index in [1.165, 1.54) is 0 Å². The van der Waals surface area contributed by atoms with E-state index in [2.05, 4.69) is 0 Å². The Hall–Kier alpha value is -3.64. The fourth-order valence-electron chi connectivity index (χ4n) is 5.94. The van der Waals surface area contributed by atoms with Crippen molar-refractivity contribution in [2.45, 2.75) is 64.8 Å². The van der Waals surface area contributed by atoms with Crippen LogP contribution >= 0.6 is 11.6 Å². The number of carbonyl (C=O) groups is 3. The summed E-state index contributed by atoms with van der Waals surface area (Å²) in [5.74, 6) is -1.16. The third-order valence-electron chi connectivity index (χ3n) is 8.36. The maximum Gasteiger partial charge on any atom is 0.309 e. The van der Waals surface area contributed by atoms with Crippen LogP contribution < -0.4 is 9.80 Å². The molecule has 0 spiro atoms. The topological polar surface area (TPSA) is 77.9 Å². The Kier molecular flexibility index (Phi) is 7.74. The molecule has 40 heavy (non-hydrogen) atoms. The van der Waals surface area contributed by atoms with Crippen LogP contribution in [0, 0.1) is 5.41 Å². The molecule has 0 saturated heterocycles. The highest BCUT2D eigenvalue weighted by Gasteiger charge is 2.40. The first-order chi connectivity index (χ1) is 19.1. The zero-order valence-electron chi connectivity index (χ0n) is 23.2. The van der Waals surface area contributed by atoms with Gasteiger partial charge in [0.05, 0.1) is 11.3 Å². The molecule has 0 fully saturated rings. The molecule has 0 bridgehead atoms. The van der Waals surface area contributed by atoms with Gasteiger partial charge in [-0.2, -0.15) is 0 Å². The van der Waals surface area contributed by atoms with Crippen LogP contribution in [0.15, 0.2) is 66.7 Å². The van der Waals surface area contributed by atoms with E-state index in [9.17, 15) is 19.5 Å². The number of halogens is 1. The monoisotopic (exact) mass is 558 g/mol. The number of benzene rings is 3. The summed E-state index contributed by atoms with van der Waals surface area (Å²) in [7, 11) is 0.